The van der Waals surface area contributed by atoms with E-state index in [1.165, 1.54) is 6.92 Å². The molecule has 0 amide bonds. The first-order valence-corrected chi connectivity index (χ1v) is 6.82. The lowest BCUT2D eigenvalue weighted by Crippen LogP contribution is -2.36. The van der Waals surface area contributed by atoms with Gasteiger partial charge in [0.05, 0.1) is 16.4 Å². The van der Waals surface area contributed by atoms with Crippen molar-refractivity contribution in [3.8, 4) is 0 Å². The van der Waals surface area contributed by atoms with Crippen LogP contribution in [-0.2, 0) is 19.1 Å². The zero-order valence-electron chi connectivity index (χ0n) is 8.89. The Bertz CT molecular complexity index is 356. The van der Waals surface area contributed by atoms with Crippen LogP contribution in [0.2, 0.25) is 0 Å². The van der Waals surface area contributed by atoms with E-state index in [9.17, 15) is 9.59 Å². The first-order chi connectivity index (χ1) is 7.59. The smallest absolute Gasteiger partial charge is 0.310 e. The van der Waals surface area contributed by atoms with Gasteiger partial charge in [0, 0.05) is 18.8 Å². The number of carbonyl (C=O) groups excluding carboxylic acids is 2. The topological polar surface area (TPSA) is 52.6 Å². The minimum Gasteiger partial charge on any atom is -0.466 e. The molecule has 1 heterocycles. The van der Waals surface area contributed by atoms with Gasteiger partial charge < -0.3 is 9.47 Å². The third-order valence-corrected chi connectivity index (χ3v) is 5.80. The Labute approximate surface area is 107 Å². The van der Waals surface area contributed by atoms with E-state index in [1.807, 2.05) is 0 Å². The average molecular weight is 336 g/mol. The third kappa shape index (κ3) is 1.33. The summed E-state index contributed by atoms with van der Waals surface area (Å²) in [4.78, 5) is 22.6. The van der Waals surface area contributed by atoms with Gasteiger partial charge in [0.15, 0.2) is 0 Å². The summed E-state index contributed by atoms with van der Waals surface area (Å²) < 4.78 is 10.9. The van der Waals surface area contributed by atoms with Crippen molar-refractivity contribution in [2.45, 2.75) is 23.4 Å². The summed E-state index contributed by atoms with van der Waals surface area (Å²) in [5, 5.41) is 0. The van der Waals surface area contributed by atoms with E-state index >= 15 is 0 Å². The molecule has 0 unspecified atom stereocenters. The summed E-state index contributed by atoms with van der Waals surface area (Å²) in [6.07, 6.45) is 1.18. The summed E-state index contributed by atoms with van der Waals surface area (Å²) in [7, 11) is 0. The quantitative estimate of drug-likeness (QED) is 0.431. The van der Waals surface area contributed by atoms with E-state index in [-0.39, 0.29) is 29.9 Å². The van der Waals surface area contributed by atoms with Gasteiger partial charge in [-0.15, -0.1) is 0 Å². The number of fused-ring (bicyclic) bond motifs is 1. The third-order valence-electron chi connectivity index (χ3n) is 4.17. The number of esters is 2. The molecular weight excluding hydrogens is 323 g/mol. The predicted molar refractivity (Wildman–Crippen MR) is 62.9 cm³/mol. The molecule has 3 aliphatic rings. The fourth-order valence-corrected chi connectivity index (χ4v) is 5.07. The fraction of sp³-hybridized carbons (Fsp3) is 0.818. The van der Waals surface area contributed by atoms with Crippen LogP contribution in [0, 0.1) is 23.7 Å². The van der Waals surface area contributed by atoms with Crippen LogP contribution in [0.25, 0.3) is 0 Å². The first kappa shape index (κ1) is 10.8. The first-order valence-electron chi connectivity index (χ1n) is 5.57. The molecule has 2 aliphatic carbocycles. The lowest BCUT2D eigenvalue weighted by atomic mass is 9.80. The van der Waals surface area contributed by atoms with Crippen LogP contribution in [0.15, 0.2) is 0 Å². The van der Waals surface area contributed by atoms with E-state index in [1.54, 1.807) is 0 Å². The van der Waals surface area contributed by atoms with Gasteiger partial charge in [-0.1, -0.05) is 22.6 Å². The second-order valence-electron chi connectivity index (χ2n) is 4.90. The van der Waals surface area contributed by atoms with Crippen LogP contribution in [-0.4, -0.2) is 28.6 Å². The molecule has 88 valence electrons. The van der Waals surface area contributed by atoms with Crippen molar-refractivity contribution in [1.82, 2.24) is 0 Å². The van der Waals surface area contributed by atoms with Gasteiger partial charge in [0.25, 0.3) is 0 Å². The molecule has 0 N–H and O–H groups in total. The van der Waals surface area contributed by atoms with Gasteiger partial charge in [0.2, 0.25) is 0 Å². The molecule has 0 aromatic rings. The lowest BCUT2D eigenvalue weighted by molar-refractivity contribution is -0.148. The highest BCUT2D eigenvalue weighted by Gasteiger charge is 2.65. The molecular formula is C11H13IO4. The van der Waals surface area contributed by atoms with Crippen LogP contribution < -0.4 is 0 Å². The predicted octanol–water partition coefficient (Wildman–Crippen LogP) is 1.16. The maximum absolute atomic E-state index is 11.7. The Morgan fingerprint density at radius 3 is 3.00 bits per heavy atom. The fourth-order valence-electron chi connectivity index (χ4n) is 3.56. The summed E-state index contributed by atoms with van der Waals surface area (Å²) in [5.74, 6) is 0.679. The van der Waals surface area contributed by atoms with E-state index in [4.69, 9.17) is 9.47 Å². The van der Waals surface area contributed by atoms with Crippen molar-refractivity contribution < 1.29 is 19.1 Å². The normalized spacial score (nSPS) is 48.2. The van der Waals surface area contributed by atoms with Gasteiger partial charge in [-0.05, 0) is 12.3 Å². The SMILES string of the molecule is CC(=O)OC[C@H]1[C@H]2C[C@@H]3[C@H](OC(=O)[C@H]31)[C@H]2I. The maximum Gasteiger partial charge on any atom is 0.310 e. The monoisotopic (exact) mass is 336 g/mol. The van der Waals surface area contributed by atoms with Gasteiger partial charge in [0.1, 0.15) is 6.10 Å². The van der Waals surface area contributed by atoms with Crippen molar-refractivity contribution in [3.05, 3.63) is 0 Å². The molecule has 6 atom stereocenters. The molecule has 2 bridgehead atoms. The molecule has 4 nitrogen and oxygen atoms in total. The highest BCUT2D eigenvalue weighted by molar-refractivity contribution is 14.1. The number of ether oxygens (including phenoxy) is 2. The van der Waals surface area contributed by atoms with Crippen LogP contribution in [0.4, 0.5) is 0 Å². The van der Waals surface area contributed by atoms with Gasteiger partial charge >= 0.3 is 11.9 Å². The van der Waals surface area contributed by atoms with Gasteiger partial charge in [-0.25, -0.2) is 0 Å². The molecule has 0 radical (unpaired) electrons. The van der Waals surface area contributed by atoms with Gasteiger partial charge in [-0.2, -0.15) is 0 Å². The Morgan fingerprint density at radius 1 is 1.56 bits per heavy atom. The minimum absolute atomic E-state index is 0.0136. The zero-order valence-corrected chi connectivity index (χ0v) is 11.0. The number of rotatable bonds is 2. The number of hydrogen-bond acceptors (Lipinski definition) is 4. The second-order valence-corrected chi connectivity index (χ2v) is 6.34. The molecule has 1 aliphatic heterocycles. The highest BCUT2D eigenvalue weighted by Crippen LogP contribution is 2.59. The number of carbonyl (C=O) groups is 2. The molecule has 3 rings (SSSR count). The van der Waals surface area contributed by atoms with Crippen LogP contribution in [0.1, 0.15) is 13.3 Å². The Morgan fingerprint density at radius 2 is 2.31 bits per heavy atom. The molecule has 0 spiro atoms. The molecule has 0 aromatic heterocycles. The molecule has 1 saturated heterocycles. The van der Waals surface area contributed by atoms with Crippen LogP contribution >= 0.6 is 22.6 Å². The molecule has 3 fully saturated rings. The van der Waals surface area contributed by atoms with Crippen molar-refractivity contribution in [2.75, 3.05) is 6.61 Å². The van der Waals surface area contributed by atoms with Crippen molar-refractivity contribution in [3.63, 3.8) is 0 Å². The summed E-state index contributed by atoms with van der Waals surface area (Å²) in [5.41, 5.74) is 0. The standard InChI is InChI=1S/C11H13IO4/c1-4(13)15-3-7-5-2-6-8(7)11(14)16-10(6)9(5)12/h5-10H,2-3H2,1H3/t5-,6+,7+,8-,9+,10+/m1/s1. The maximum atomic E-state index is 11.7. The van der Waals surface area contributed by atoms with Crippen LogP contribution in [0.3, 0.4) is 0 Å². The highest BCUT2D eigenvalue weighted by atomic mass is 127. The molecule has 0 aromatic carbocycles. The summed E-state index contributed by atoms with van der Waals surface area (Å²) in [6, 6.07) is 0. The van der Waals surface area contributed by atoms with Crippen molar-refractivity contribution in [1.29, 1.82) is 0 Å². The largest absolute Gasteiger partial charge is 0.466 e. The lowest BCUT2D eigenvalue weighted by Gasteiger charge is -2.27. The average Bonchev–Trinajstić information content (AvgIpc) is 2.79. The number of hydrogen-bond donors (Lipinski definition) is 0. The summed E-state index contributed by atoms with van der Waals surface area (Å²) >= 11 is 2.38. The molecule has 16 heavy (non-hydrogen) atoms. The van der Waals surface area contributed by atoms with E-state index in [0.717, 1.165) is 6.42 Å². The van der Waals surface area contributed by atoms with Crippen molar-refractivity contribution >= 4 is 34.5 Å². The minimum atomic E-state index is -0.268. The Hall–Kier alpha value is -0.330. The zero-order chi connectivity index (χ0) is 11.4. The number of alkyl halides is 1. The van der Waals surface area contributed by atoms with Crippen molar-refractivity contribution in [2.24, 2.45) is 23.7 Å². The van der Waals surface area contributed by atoms with Crippen LogP contribution in [0.5, 0.6) is 0 Å². The Kier molecular flexibility index (Phi) is 2.42. The van der Waals surface area contributed by atoms with Gasteiger partial charge in [-0.3, -0.25) is 9.59 Å². The van der Waals surface area contributed by atoms with E-state index < -0.39 is 0 Å². The van der Waals surface area contributed by atoms with E-state index in [2.05, 4.69) is 22.6 Å². The Balaban J connectivity index is 1.80. The molecule has 5 heteroatoms. The summed E-state index contributed by atoms with van der Waals surface area (Å²) in [6.45, 7) is 1.78. The second kappa shape index (κ2) is 3.58. The molecule has 2 saturated carbocycles. The van der Waals surface area contributed by atoms with E-state index in [0.29, 0.717) is 22.4 Å². The number of halogens is 1.